The maximum Gasteiger partial charge on any atom is 0.211 e. The number of nitrogens with zero attached hydrogens (tertiary/aromatic N) is 4. The predicted octanol–water partition coefficient (Wildman–Crippen LogP) is 15.4. The van der Waals surface area contributed by atoms with E-state index in [0.717, 1.165) is 44.5 Å². The molecular weight excluding hydrogens is 875 g/mol. The van der Waals surface area contributed by atoms with E-state index in [2.05, 4.69) is 236 Å². The van der Waals surface area contributed by atoms with E-state index in [1.54, 1.807) is 0 Å². The van der Waals surface area contributed by atoms with Crippen LogP contribution in [0.5, 0.6) is 0 Å². The molecule has 0 saturated heterocycles. The second kappa shape index (κ2) is 18.5. The Bertz CT molecular complexity index is 4030. The molecule has 2 heterocycles. The smallest absolute Gasteiger partial charge is 0.211 e. The van der Waals surface area contributed by atoms with E-state index in [1.807, 2.05) is 30.3 Å². The molecule has 1 aliphatic rings. The molecule has 0 amide bonds. The molecule has 72 heavy (non-hydrogen) atoms. The Balaban J connectivity index is 0.822. The van der Waals surface area contributed by atoms with Crippen LogP contribution in [0.3, 0.4) is 0 Å². The number of fused-ring (bicyclic) bond motifs is 3. The largest absolute Gasteiger partial charge is 0.288 e. The Morgan fingerprint density at radius 2 is 0.694 bits per heavy atom. The van der Waals surface area contributed by atoms with Gasteiger partial charge in [0.25, 0.3) is 0 Å². The van der Waals surface area contributed by atoms with Gasteiger partial charge in [0.15, 0.2) is 17.5 Å². The van der Waals surface area contributed by atoms with E-state index in [1.165, 1.54) is 66.0 Å². The van der Waals surface area contributed by atoms with E-state index in [-0.39, 0.29) is 6.17 Å². The van der Waals surface area contributed by atoms with Gasteiger partial charge in [-0.15, -0.1) is 0 Å². The summed E-state index contributed by atoms with van der Waals surface area (Å²) in [5, 5.41) is 9.43. The first kappa shape index (κ1) is 42.7. The second-order valence-corrected chi connectivity index (χ2v) is 18.3. The zero-order valence-corrected chi connectivity index (χ0v) is 39.3. The van der Waals surface area contributed by atoms with Gasteiger partial charge in [-0.2, -0.15) is 0 Å². The summed E-state index contributed by atoms with van der Waals surface area (Å²) >= 11 is 0. The van der Waals surface area contributed by atoms with Gasteiger partial charge in [0, 0.05) is 39.5 Å². The summed E-state index contributed by atoms with van der Waals surface area (Å²) in [6.45, 7) is 0. The van der Waals surface area contributed by atoms with Gasteiger partial charge in [-0.25, -0.2) is 19.9 Å². The number of allylic oxidation sites excluding steroid dienone is 1. The molecule has 2 N–H and O–H groups in total. The van der Waals surface area contributed by atoms with Crippen molar-refractivity contribution in [2.45, 2.75) is 6.17 Å². The maximum atomic E-state index is 5.27. The van der Waals surface area contributed by atoms with E-state index in [9.17, 15) is 0 Å². The highest BCUT2D eigenvalue weighted by atomic mass is 15.1. The lowest BCUT2D eigenvalue weighted by atomic mass is 9.88. The van der Waals surface area contributed by atoms with Crippen LogP contribution in [0.4, 0.5) is 0 Å². The monoisotopic (exact) mass is 920 g/mol. The summed E-state index contributed by atoms with van der Waals surface area (Å²) in [7, 11) is 0. The molecule has 0 aliphatic carbocycles. The average Bonchev–Trinajstić information content (AvgIpc) is 3.47. The molecule has 11 aromatic carbocycles. The van der Waals surface area contributed by atoms with Crippen molar-refractivity contribution in [1.82, 2.24) is 15.0 Å². The average molecular weight is 921 g/mol. The summed E-state index contributed by atoms with van der Waals surface area (Å²) < 4.78 is 0. The molecule has 1 unspecified atom stereocenters. The molecule has 12 aromatic rings. The van der Waals surface area contributed by atoms with Crippen LogP contribution in [-0.4, -0.2) is 20.7 Å². The van der Waals surface area contributed by atoms with Crippen molar-refractivity contribution in [2.75, 3.05) is 0 Å². The van der Waals surface area contributed by atoms with E-state index in [4.69, 9.17) is 19.9 Å². The molecule has 0 radical (unpaired) electrons. The van der Waals surface area contributed by atoms with Crippen molar-refractivity contribution in [3.63, 3.8) is 0 Å². The van der Waals surface area contributed by atoms with Crippen molar-refractivity contribution in [1.29, 1.82) is 0 Å². The van der Waals surface area contributed by atoms with Crippen molar-refractivity contribution >= 4 is 43.7 Å². The van der Waals surface area contributed by atoms with Crippen LogP contribution >= 0.6 is 0 Å². The number of rotatable bonds is 9. The lowest BCUT2D eigenvalue weighted by Crippen LogP contribution is -2.82. The SMILES string of the molecule is C1=C(c2ccccc2)[NH2+]C(c2ccc(-c3ccc(-c4ccc(-c5ccc(-c6nc(-c7ccccc7)nc(-c7ccc8ccccc8c7)n6)cc5)c5ccccc45)c4ccccc34)cc2)N=C1c1ccccc1. The zero-order chi connectivity index (χ0) is 47.8. The Morgan fingerprint density at radius 3 is 1.26 bits per heavy atom. The van der Waals surface area contributed by atoms with Crippen LogP contribution in [0.1, 0.15) is 22.9 Å². The van der Waals surface area contributed by atoms with E-state index in [0.29, 0.717) is 17.5 Å². The number of benzene rings is 11. The van der Waals surface area contributed by atoms with Gasteiger partial charge < -0.3 is 0 Å². The van der Waals surface area contributed by atoms with Gasteiger partial charge in [0.05, 0.1) is 5.71 Å². The molecule has 0 saturated carbocycles. The van der Waals surface area contributed by atoms with Crippen LogP contribution < -0.4 is 5.32 Å². The minimum Gasteiger partial charge on any atom is -0.288 e. The number of aliphatic imine (C=N–C) groups is 1. The molecular formula is C67H46N5+. The molecule has 13 rings (SSSR count). The fourth-order valence-corrected chi connectivity index (χ4v) is 10.2. The first-order valence-corrected chi connectivity index (χ1v) is 24.5. The number of hydrogen-bond acceptors (Lipinski definition) is 4. The molecule has 5 heteroatoms. The standard InChI is InChI=1S/C67H45N5/c1-4-17-47(18-5-1)62-43-63(48-19-6-2-7-20-48)69-64(68-62)50-33-29-45(30-34-50)54-38-40-60(58-26-14-12-24-56(54)58)61-41-39-55(57-25-13-15-27-59(57)61)46-31-35-51(36-32-46)66-70-65(49-21-8-3-9-22-49)71-67(72-66)53-37-28-44-16-10-11-23-52(44)42-53/h1-43,64,68H/p+1. The van der Waals surface area contributed by atoms with Crippen LogP contribution in [0, 0.1) is 0 Å². The summed E-state index contributed by atoms with van der Waals surface area (Å²) in [6, 6.07) is 90.3. The van der Waals surface area contributed by atoms with Gasteiger partial charge in [-0.3, -0.25) is 5.32 Å². The highest BCUT2D eigenvalue weighted by Gasteiger charge is 2.24. The topological polar surface area (TPSA) is 67.6 Å². The second-order valence-electron chi connectivity index (χ2n) is 18.3. The molecule has 1 atom stereocenters. The van der Waals surface area contributed by atoms with Crippen LogP contribution in [0.25, 0.3) is 106 Å². The van der Waals surface area contributed by atoms with E-state index < -0.39 is 0 Å². The third-order valence-corrected chi connectivity index (χ3v) is 13.9. The Hall–Kier alpha value is -9.42. The highest BCUT2D eigenvalue weighted by molar-refractivity contribution is 6.13. The first-order chi connectivity index (χ1) is 35.7. The molecule has 1 aromatic heterocycles. The summed E-state index contributed by atoms with van der Waals surface area (Å²) in [5.74, 6) is 1.92. The Labute approximate surface area is 418 Å². The molecule has 0 spiro atoms. The summed E-state index contributed by atoms with van der Waals surface area (Å²) in [4.78, 5) is 20.4. The normalized spacial score (nSPS) is 13.5. The van der Waals surface area contributed by atoms with Crippen LogP contribution in [-0.2, 0) is 0 Å². The Kier molecular flexibility index (Phi) is 11.0. The fourth-order valence-electron chi connectivity index (χ4n) is 10.2. The zero-order valence-electron chi connectivity index (χ0n) is 39.3. The van der Waals surface area contributed by atoms with Crippen molar-refractivity contribution < 1.29 is 5.32 Å². The van der Waals surface area contributed by atoms with Crippen molar-refractivity contribution in [3.8, 4) is 67.5 Å². The molecule has 0 bridgehead atoms. The van der Waals surface area contributed by atoms with Gasteiger partial charge in [0.2, 0.25) is 6.17 Å². The summed E-state index contributed by atoms with van der Waals surface area (Å²) in [6.07, 6.45) is 2.10. The molecule has 5 nitrogen and oxygen atoms in total. The molecule has 338 valence electrons. The first-order valence-electron chi connectivity index (χ1n) is 24.5. The van der Waals surface area contributed by atoms with Gasteiger partial charge >= 0.3 is 0 Å². The van der Waals surface area contributed by atoms with E-state index >= 15 is 0 Å². The lowest BCUT2D eigenvalue weighted by molar-refractivity contribution is -0.609. The lowest BCUT2D eigenvalue weighted by Gasteiger charge is -2.20. The number of nitrogens with two attached hydrogens (primary N) is 1. The summed E-state index contributed by atoms with van der Waals surface area (Å²) in [5.41, 5.74) is 15.5. The third-order valence-electron chi connectivity index (χ3n) is 13.9. The third kappa shape index (κ3) is 8.14. The maximum absolute atomic E-state index is 5.27. The molecule has 1 aliphatic heterocycles. The van der Waals surface area contributed by atoms with Crippen molar-refractivity contribution in [2.24, 2.45) is 4.99 Å². The fraction of sp³-hybridized carbons (Fsp3) is 0.0149. The van der Waals surface area contributed by atoms with Gasteiger partial charge in [-0.05, 0) is 83.9 Å². The molecule has 0 fully saturated rings. The number of hydrogen-bond donors (Lipinski definition) is 1. The number of aromatic nitrogens is 3. The number of quaternary nitrogens is 1. The Morgan fingerprint density at radius 1 is 0.292 bits per heavy atom. The predicted molar refractivity (Wildman–Crippen MR) is 297 cm³/mol. The van der Waals surface area contributed by atoms with Crippen molar-refractivity contribution in [3.05, 3.63) is 278 Å². The van der Waals surface area contributed by atoms with Crippen LogP contribution in [0.2, 0.25) is 0 Å². The minimum atomic E-state index is -0.110. The van der Waals surface area contributed by atoms with Gasteiger partial charge in [-0.1, -0.05) is 237 Å². The minimum absolute atomic E-state index is 0.110. The highest BCUT2D eigenvalue weighted by Crippen LogP contribution is 2.41. The van der Waals surface area contributed by atoms with Crippen LogP contribution in [0.15, 0.2) is 266 Å². The van der Waals surface area contributed by atoms with Gasteiger partial charge in [0.1, 0.15) is 5.70 Å². The quantitative estimate of drug-likeness (QED) is 0.157.